The third-order valence-electron chi connectivity index (χ3n) is 2.39. The number of alkyl halides is 3. The number of carbonyl (C=O) groups excluding carboxylic acids is 1. The molecule has 0 aliphatic carbocycles. The number of benzene rings is 1. The Bertz CT molecular complexity index is 495. The van der Waals surface area contributed by atoms with Crippen LogP contribution in [0, 0.1) is 13.8 Å². The summed E-state index contributed by atoms with van der Waals surface area (Å²) in [6.45, 7) is 2.90. The maximum atomic E-state index is 12.7. The second kappa shape index (κ2) is 5.07. The number of hydrogen-bond donors (Lipinski definition) is 2. The van der Waals surface area contributed by atoms with E-state index < -0.39 is 17.6 Å². The van der Waals surface area contributed by atoms with E-state index >= 15 is 0 Å². The molecule has 1 amide bonds. The van der Waals surface area contributed by atoms with Gasteiger partial charge in [-0.15, -0.1) is 0 Å². The van der Waals surface area contributed by atoms with Gasteiger partial charge in [-0.25, -0.2) is 0 Å². The average Bonchev–Trinajstić information content (AvgIpc) is 2.24. The standard InChI is InChI=1S/C11H12F3N3O/c1-6-3-7(2)9(11(12,13)14)4-8(6)10(18)16-5-17-15/h3-5H,15H2,1-2H3,(H,16,17,18). The molecule has 0 aromatic heterocycles. The topological polar surface area (TPSA) is 67.5 Å². The van der Waals surface area contributed by atoms with Crippen LogP contribution >= 0.6 is 0 Å². The van der Waals surface area contributed by atoms with Gasteiger partial charge in [-0.1, -0.05) is 6.07 Å². The van der Waals surface area contributed by atoms with Gasteiger partial charge in [-0.2, -0.15) is 18.3 Å². The Hall–Kier alpha value is -2.05. The van der Waals surface area contributed by atoms with Crippen LogP contribution in [0.2, 0.25) is 0 Å². The number of nitrogens with one attached hydrogen (secondary N) is 1. The molecular formula is C11H12F3N3O. The first-order valence-electron chi connectivity index (χ1n) is 4.98. The van der Waals surface area contributed by atoms with Crippen LogP contribution in [-0.4, -0.2) is 12.2 Å². The van der Waals surface area contributed by atoms with E-state index in [4.69, 9.17) is 5.84 Å². The highest BCUT2D eigenvalue weighted by atomic mass is 19.4. The van der Waals surface area contributed by atoms with E-state index in [0.717, 1.165) is 12.4 Å². The number of amides is 1. The molecule has 98 valence electrons. The van der Waals surface area contributed by atoms with E-state index in [0.29, 0.717) is 5.56 Å². The molecule has 1 aromatic carbocycles. The molecule has 4 nitrogen and oxygen atoms in total. The quantitative estimate of drug-likeness (QED) is 0.369. The van der Waals surface area contributed by atoms with Crippen molar-refractivity contribution in [1.82, 2.24) is 5.32 Å². The summed E-state index contributed by atoms with van der Waals surface area (Å²) in [5, 5.41) is 5.21. The predicted molar refractivity (Wildman–Crippen MR) is 61.1 cm³/mol. The van der Waals surface area contributed by atoms with Crippen molar-refractivity contribution in [2.45, 2.75) is 20.0 Å². The normalized spacial score (nSPS) is 11.8. The highest BCUT2D eigenvalue weighted by molar-refractivity contribution is 6.01. The first-order valence-corrected chi connectivity index (χ1v) is 4.98. The molecule has 1 rings (SSSR count). The number of hydrazone groups is 1. The van der Waals surface area contributed by atoms with Crippen molar-refractivity contribution in [3.8, 4) is 0 Å². The fourth-order valence-corrected chi connectivity index (χ4v) is 1.58. The van der Waals surface area contributed by atoms with Crippen molar-refractivity contribution in [1.29, 1.82) is 0 Å². The molecule has 0 fully saturated rings. The molecule has 7 heteroatoms. The Kier molecular flexibility index (Phi) is 3.95. The largest absolute Gasteiger partial charge is 0.416 e. The second-order valence-corrected chi connectivity index (χ2v) is 3.73. The molecule has 1 aromatic rings. The van der Waals surface area contributed by atoms with Crippen LogP contribution in [0.1, 0.15) is 27.0 Å². The summed E-state index contributed by atoms with van der Waals surface area (Å²) >= 11 is 0. The van der Waals surface area contributed by atoms with Crippen molar-refractivity contribution in [3.05, 3.63) is 34.4 Å². The van der Waals surface area contributed by atoms with Crippen molar-refractivity contribution in [2.24, 2.45) is 10.9 Å². The van der Waals surface area contributed by atoms with E-state index in [-0.39, 0.29) is 11.1 Å². The number of halogens is 3. The minimum absolute atomic E-state index is 0.0622. The molecule has 0 heterocycles. The van der Waals surface area contributed by atoms with Crippen LogP contribution in [0.5, 0.6) is 0 Å². The molecule has 0 spiro atoms. The smallest absolute Gasteiger partial charge is 0.322 e. The van der Waals surface area contributed by atoms with Crippen molar-refractivity contribution in [3.63, 3.8) is 0 Å². The lowest BCUT2D eigenvalue weighted by Gasteiger charge is -2.13. The summed E-state index contributed by atoms with van der Waals surface area (Å²) in [6, 6.07) is 2.14. The maximum Gasteiger partial charge on any atom is 0.416 e. The van der Waals surface area contributed by atoms with E-state index in [1.165, 1.54) is 13.0 Å². The van der Waals surface area contributed by atoms with Gasteiger partial charge >= 0.3 is 6.18 Å². The molecule has 0 saturated heterocycles. The lowest BCUT2D eigenvalue weighted by molar-refractivity contribution is -0.138. The molecule has 0 radical (unpaired) electrons. The van der Waals surface area contributed by atoms with Gasteiger partial charge in [-0.3, -0.25) is 4.79 Å². The SMILES string of the molecule is Cc1cc(C)c(C(F)(F)F)cc1C(=O)N/C=N/N. The number of rotatable bonds is 2. The summed E-state index contributed by atoms with van der Waals surface area (Å²) in [4.78, 5) is 11.6. The van der Waals surface area contributed by atoms with Crippen LogP contribution in [0.25, 0.3) is 0 Å². The predicted octanol–water partition coefficient (Wildman–Crippen LogP) is 1.95. The minimum atomic E-state index is -4.49. The zero-order valence-corrected chi connectivity index (χ0v) is 9.80. The van der Waals surface area contributed by atoms with Crippen molar-refractivity contribution >= 4 is 12.2 Å². The molecule has 0 aliphatic rings. The summed E-state index contributed by atoms with van der Waals surface area (Å²) in [7, 11) is 0. The molecule has 0 bridgehead atoms. The Balaban J connectivity index is 3.25. The van der Waals surface area contributed by atoms with E-state index in [1.54, 1.807) is 6.92 Å². The second-order valence-electron chi connectivity index (χ2n) is 3.73. The maximum absolute atomic E-state index is 12.7. The number of carbonyl (C=O) groups is 1. The number of nitrogens with zero attached hydrogens (tertiary/aromatic N) is 1. The summed E-state index contributed by atoms with van der Waals surface area (Å²) in [5.41, 5.74) is -0.372. The number of nitrogens with two attached hydrogens (primary N) is 1. The lowest BCUT2D eigenvalue weighted by Crippen LogP contribution is -2.24. The van der Waals surface area contributed by atoms with Crippen LogP contribution in [0.4, 0.5) is 13.2 Å². The zero-order chi connectivity index (χ0) is 13.9. The molecular weight excluding hydrogens is 247 g/mol. The van der Waals surface area contributed by atoms with Gasteiger partial charge in [0.15, 0.2) is 0 Å². The fourth-order valence-electron chi connectivity index (χ4n) is 1.58. The van der Waals surface area contributed by atoms with Crippen molar-refractivity contribution in [2.75, 3.05) is 0 Å². The monoisotopic (exact) mass is 259 g/mol. The van der Waals surface area contributed by atoms with E-state index in [1.807, 2.05) is 0 Å². The highest BCUT2D eigenvalue weighted by Gasteiger charge is 2.33. The van der Waals surface area contributed by atoms with Gasteiger partial charge < -0.3 is 11.2 Å². The Morgan fingerprint density at radius 2 is 1.94 bits per heavy atom. The van der Waals surface area contributed by atoms with Gasteiger partial charge in [0.2, 0.25) is 0 Å². The molecule has 0 aliphatic heterocycles. The van der Waals surface area contributed by atoms with E-state index in [9.17, 15) is 18.0 Å². The van der Waals surface area contributed by atoms with E-state index in [2.05, 4.69) is 10.4 Å². The molecule has 0 atom stereocenters. The number of hydrogen-bond acceptors (Lipinski definition) is 3. The molecule has 0 saturated carbocycles. The molecule has 3 N–H and O–H groups in total. The summed E-state index contributed by atoms with van der Waals surface area (Å²) in [6.07, 6.45) is -3.58. The van der Waals surface area contributed by atoms with Gasteiger partial charge in [0.1, 0.15) is 6.34 Å². The van der Waals surface area contributed by atoms with Gasteiger partial charge in [0.05, 0.1) is 5.56 Å². The number of aryl methyl sites for hydroxylation is 2. The zero-order valence-electron chi connectivity index (χ0n) is 9.80. The third-order valence-corrected chi connectivity index (χ3v) is 2.39. The van der Waals surface area contributed by atoms with Gasteiger partial charge in [0.25, 0.3) is 5.91 Å². The van der Waals surface area contributed by atoms with Gasteiger partial charge in [0, 0.05) is 5.56 Å². The average molecular weight is 259 g/mol. The summed E-state index contributed by atoms with van der Waals surface area (Å²) < 4.78 is 38.1. The highest BCUT2D eigenvalue weighted by Crippen LogP contribution is 2.33. The Morgan fingerprint density at radius 3 is 2.44 bits per heavy atom. The third kappa shape index (κ3) is 2.99. The minimum Gasteiger partial charge on any atom is -0.322 e. The first-order chi connectivity index (χ1) is 8.27. The lowest BCUT2D eigenvalue weighted by atomic mass is 9.99. The Morgan fingerprint density at radius 1 is 1.33 bits per heavy atom. The first kappa shape index (κ1) is 14.0. The molecule has 18 heavy (non-hydrogen) atoms. The van der Waals surface area contributed by atoms with Crippen molar-refractivity contribution < 1.29 is 18.0 Å². The molecule has 0 unspecified atom stereocenters. The fraction of sp³-hybridized carbons (Fsp3) is 0.273. The van der Waals surface area contributed by atoms with Gasteiger partial charge in [-0.05, 0) is 31.0 Å². The van der Waals surface area contributed by atoms with Crippen LogP contribution < -0.4 is 11.2 Å². The Labute approximate surface area is 102 Å². The van der Waals surface area contributed by atoms with Crippen LogP contribution in [0.15, 0.2) is 17.2 Å². The summed E-state index contributed by atoms with van der Waals surface area (Å²) in [5.74, 6) is 4.10. The van der Waals surface area contributed by atoms with Crippen LogP contribution in [0.3, 0.4) is 0 Å². The van der Waals surface area contributed by atoms with Crippen LogP contribution in [-0.2, 0) is 6.18 Å².